The second-order valence-electron chi connectivity index (χ2n) is 5.87. The average molecular weight is 284 g/mol. The van der Waals surface area contributed by atoms with Crippen LogP contribution in [0.15, 0.2) is 42.7 Å². The summed E-state index contributed by atoms with van der Waals surface area (Å²) in [7, 11) is 2.25. The van der Waals surface area contributed by atoms with Gasteiger partial charge in [-0.05, 0) is 63.2 Å². The molecule has 2 aromatic rings. The monoisotopic (exact) mass is 284 g/mol. The lowest BCUT2D eigenvalue weighted by atomic mass is 10.1. The molecule has 0 amide bonds. The summed E-state index contributed by atoms with van der Waals surface area (Å²) in [5.74, 6) is 0. The van der Waals surface area contributed by atoms with Gasteiger partial charge in [0.1, 0.15) is 0 Å². The lowest BCUT2D eigenvalue weighted by molar-refractivity contribution is 0.216. The van der Waals surface area contributed by atoms with Crippen LogP contribution < -0.4 is 5.32 Å². The smallest absolute Gasteiger partial charge is 0.0645 e. The van der Waals surface area contributed by atoms with Crippen LogP contribution in [-0.2, 0) is 6.54 Å². The Labute approximate surface area is 126 Å². The lowest BCUT2D eigenvalue weighted by Gasteiger charge is -2.26. The lowest BCUT2D eigenvalue weighted by Crippen LogP contribution is -2.31. The molecule has 1 atom stereocenters. The van der Waals surface area contributed by atoms with E-state index in [2.05, 4.69) is 46.6 Å². The Bertz CT molecular complexity index is 524. The number of nitrogens with zero attached hydrogens (tertiary/aromatic N) is 3. The highest BCUT2D eigenvalue weighted by Gasteiger charge is 2.16. The molecular weight excluding hydrogens is 260 g/mol. The summed E-state index contributed by atoms with van der Waals surface area (Å²) in [4.78, 5) is 2.50. The maximum atomic E-state index is 4.26. The van der Waals surface area contributed by atoms with Gasteiger partial charge in [-0.2, -0.15) is 5.10 Å². The first kappa shape index (κ1) is 14.3. The molecule has 0 aliphatic carbocycles. The maximum absolute atomic E-state index is 4.26. The van der Waals surface area contributed by atoms with Crippen molar-refractivity contribution in [2.45, 2.75) is 31.8 Å². The Morgan fingerprint density at radius 2 is 2.10 bits per heavy atom. The molecule has 1 aromatic carbocycles. The van der Waals surface area contributed by atoms with E-state index >= 15 is 0 Å². The molecule has 0 saturated carbocycles. The van der Waals surface area contributed by atoms with E-state index in [0.29, 0.717) is 6.04 Å². The fraction of sp³-hybridized carbons (Fsp3) is 0.471. The molecule has 0 bridgehead atoms. The summed E-state index contributed by atoms with van der Waals surface area (Å²) in [6, 6.07) is 11.4. The van der Waals surface area contributed by atoms with Crippen molar-refractivity contribution in [1.29, 1.82) is 0 Å². The molecule has 112 valence electrons. The zero-order chi connectivity index (χ0) is 14.5. The Kier molecular flexibility index (Phi) is 4.68. The molecule has 1 fully saturated rings. The van der Waals surface area contributed by atoms with Crippen LogP contribution in [0, 0.1) is 0 Å². The number of benzene rings is 1. The van der Waals surface area contributed by atoms with E-state index in [0.717, 1.165) is 18.8 Å². The first-order chi connectivity index (χ1) is 10.3. The van der Waals surface area contributed by atoms with Crippen LogP contribution in [0.3, 0.4) is 0 Å². The van der Waals surface area contributed by atoms with Crippen molar-refractivity contribution in [3.63, 3.8) is 0 Å². The standard InChI is InChI=1S/C17H24N4/c1-20(16-4-2-10-18-12-9-16)14-15-5-7-17(8-6-15)21-13-3-11-19-21/h3,5-8,11,13,16,18H,2,4,9-10,12,14H2,1H3. The Hall–Kier alpha value is -1.65. The van der Waals surface area contributed by atoms with Crippen molar-refractivity contribution in [2.75, 3.05) is 20.1 Å². The van der Waals surface area contributed by atoms with Crippen LogP contribution >= 0.6 is 0 Å². The van der Waals surface area contributed by atoms with Gasteiger partial charge >= 0.3 is 0 Å². The van der Waals surface area contributed by atoms with Crippen LogP contribution in [-0.4, -0.2) is 40.9 Å². The number of hydrogen-bond donors (Lipinski definition) is 1. The van der Waals surface area contributed by atoms with Gasteiger partial charge in [0.2, 0.25) is 0 Å². The Morgan fingerprint density at radius 1 is 1.24 bits per heavy atom. The van der Waals surface area contributed by atoms with E-state index in [1.807, 2.05) is 23.1 Å². The van der Waals surface area contributed by atoms with Gasteiger partial charge in [-0.3, -0.25) is 4.90 Å². The molecule has 1 aromatic heterocycles. The molecule has 21 heavy (non-hydrogen) atoms. The van der Waals surface area contributed by atoms with Crippen LogP contribution in [0.5, 0.6) is 0 Å². The van der Waals surface area contributed by atoms with E-state index in [9.17, 15) is 0 Å². The van der Waals surface area contributed by atoms with Crippen LogP contribution in [0.2, 0.25) is 0 Å². The molecule has 1 aliphatic heterocycles. The van der Waals surface area contributed by atoms with Gasteiger partial charge in [-0.25, -0.2) is 4.68 Å². The fourth-order valence-corrected chi connectivity index (χ4v) is 3.03. The normalized spacial score (nSPS) is 19.6. The first-order valence-corrected chi connectivity index (χ1v) is 7.83. The van der Waals surface area contributed by atoms with Crippen LogP contribution in [0.25, 0.3) is 5.69 Å². The molecule has 0 radical (unpaired) electrons. The molecule has 1 unspecified atom stereocenters. The van der Waals surface area contributed by atoms with Crippen LogP contribution in [0.1, 0.15) is 24.8 Å². The zero-order valence-electron chi connectivity index (χ0n) is 12.7. The highest BCUT2D eigenvalue weighted by Crippen LogP contribution is 2.16. The van der Waals surface area contributed by atoms with E-state index in [4.69, 9.17) is 0 Å². The minimum Gasteiger partial charge on any atom is -0.317 e. The second kappa shape index (κ2) is 6.87. The average Bonchev–Trinajstić information content (AvgIpc) is 2.90. The molecule has 1 saturated heterocycles. The topological polar surface area (TPSA) is 33.1 Å². The summed E-state index contributed by atoms with van der Waals surface area (Å²) in [6.45, 7) is 3.33. The van der Waals surface area contributed by atoms with Crippen molar-refractivity contribution in [1.82, 2.24) is 20.0 Å². The van der Waals surface area contributed by atoms with Crippen molar-refractivity contribution in [3.05, 3.63) is 48.3 Å². The number of nitrogens with one attached hydrogen (secondary N) is 1. The summed E-state index contributed by atoms with van der Waals surface area (Å²) < 4.78 is 1.89. The van der Waals surface area contributed by atoms with Gasteiger partial charge < -0.3 is 5.32 Å². The van der Waals surface area contributed by atoms with E-state index in [1.54, 1.807) is 0 Å². The third-order valence-corrected chi connectivity index (χ3v) is 4.31. The zero-order valence-corrected chi connectivity index (χ0v) is 12.7. The van der Waals surface area contributed by atoms with Gasteiger partial charge in [-0.15, -0.1) is 0 Å². The maximum Gasteiger partial charge on any atom is 0.0645 e. The van der Waals surface area contributed by atoms with Crippen molar-refractivity contribution in [2.24, 2.45) is 0 Å². The quantitative estimate of drug-likeness (QED) is 0.936. The minimum absolute atomic E-state index is 0.700. The summed E-state index contributed by atoms with van der Waals surface area (Å²) in [5.41, 5.74) is 2.48. The number of rotatable bonds is 4. The molecule has 4 nitrogen and oxygen atoms in total. The Morgan fingerprint density at radius 3 is 2.86 bits per heavy atom. The summed E-state index contributed by atoms with van der Waals surface area (Å²) in [6.07, 6.45) is 7.62. The Balaban J connectivity index is 1.61. The van der Waals surface area contributed by atoms with Crippen molar-refractivity contribution >= 4 is 0 Å². The van der Waals surface area contributed by atoms with E-state index < -0.39 is 0 Å². The van der Waals surface area contributed by atoms with Crippen LogP contribution in [0.4, 0.5) is 0 Å². The van der Waals surface area contributed by atoms with Crippen molar-refractivity contribution in [3.8, 4) is 5.69 Å². The van der Waals surface area contributed by atoms with Gasteiger partial charge in [0, 0.05) is 25.0 Å². The molecule has 0 spiro atoms. The summed E-state index contributed by atoms with van der Waals surface area (Å²) in [5, 5.41) is 7.74. The summed E-state index contributed by atoms with van der Waals surface area (Å²) >= 11 is 0. The number of aromatic nitrogens is 2. The second-order valence-corrected chi connectivity index (χ2v) is 5.87. The van der Waals surface area contributed by atoms with Crippen molar-refractivity contribution < 1.29 is 0 Å². The van der Waals surface area contributed by atoms with Gasteiger partial charge in [0.15, 0.2) is 0 Å². The first-order valence-electron chi connectivity index (χ1n) is 7.83. The molecule has 4 heteroatoms. The largest absolute Gasteiger partial charge is 0.317 e. The highest BCUT2D eigenvalue weighted by molar-refractivity contribution is 5.33. The third-order valence-electron chi connectivity index (χ3n) is 4.31. The molecule has 3 rings (SSSR count). The van der Waals surface area contributed by atoms with Gasteiger partial charge in [-0.1, -0.05) is 12.1 Å². The predicted octanol–water partition coefficient (Wildman–Crippen LogP) is 2.45. The molecular formula is C17H24N4. The highest BCUT2D eigenvalue weighted by atomic mass is 15.3. The molecule has 2 heterocycles. The molecule has 1 aliphatic rings. The van der Waals surface area contributed by atoms with Gasteiger partial charge in [0.25, 0.3) is 0 Å². The fourth-order valence-electron chi connectivity index (χ4n) is 3.03. The minimum atomic E-state index is 0.700. The van der Waals surface area contributed by atoms with E-state index in [-0.39, 0.29) is 0 Å². The SMILES string of the molecule is CN(Cc1ccc(-n2cccn2)cc1)C1CCCNCC1. The number of hydrogen-bond acceptors (Lipinski definition) is 3. The van der Waals surface area contributed by atoms with Gasteiger partial charge in [0.05, 0.1) is 5.69 Å². The third kappa shape index (κ3) is 3.71. The molecule has 1 N–H and O–H groups in total. The predicted molar refractivity (Wildman–Crippen MR) is 85.5 cm³/mol. The van der Waals surface area contributed by atoms with E-state index in [1.165, 1.54) is 31.4 Å².